The maximum atomic E-state index is 6.00. The highest BCUT2D eigenvalue weighted by atomic mass is 16.5. The van der Waals surface area contributed by atoms with Crippen LogP contribution in [-0.2, 0) is 22.6 Å². The van der Waals surface area contributed by atoms with Crippen molar-refractivity contribution >= 4 is 5.95 Å². The summed E-state index contributed by atoms with van der Waals surface area (Å²) in [6.07, 6.45) is 1.81. The molecule has 0 bridgehead atoms. The van der Waals surface area contributed by atoms with Crippen molar-refractivity contribution in [2.24, 2.45) is 0 Å². The second kappa shape index (κ2) is 10.6. The van der Waals surface area contributed by atoms with Gasteiger partial charge in [0.15, 0.2) is 0 Å². The molecule has 33 heavy (non-hydrogen) atoms. The Morgan fingerprint density at radius 2 is 1.67 bits per heavy atom. The first-order valence-electron chi connectivity index (χ1n) is 10.4. The SMILES string of the molecule is COCCOc1cccc(-c2cc(-c3cn(Cc4cccc(COC)n4)nn3)nc(N)n2)c1. The number of benzene rings is 1. The van der Waals surface area contributed by atoms with E-state index in [1.54, 1.807) is 25.1 Å². The molecule has 1 aromatic carbocycles. The Labute approximate surface area is 191 Å². The maximum Gasteiger partial charge on any atom is 0.221 e. The Morgan fingerprint density at radius 3 is 2.52 bits per heavy atom. The lowest BCUT2D eigenvalue weighted by Crippen LogP contribution is -2.04. The van der Waals surface area contributed by atoms with Crippen LogP contribution in [0.1, 0.15) is 11.4 Å². The summed E-state index contributed by atoms with van der Waals surface area (Å²) in [6.45, 7) is 1.90. The minimum atomic E-state index is 0.150. The molecule has 2 N–H and O–H groups in total. The summed E-state index contributed by atoms with van der Waals surface area (Å²) in [4.78, 5) is 13.3. The predicted molar refractivity (Wildman–Crippen MR) is 122 cm³/mol. The van der Waals surface area contributed by atoms with Crippen molar-refractivity contribution < 1.29 is 14.2 Å². The van der Waals surface area contributed by atoms with Gasteiger partial charge in [-0.25, -0.2) is 14.6 Å². The number of ether oxygens (including phenoxy) is 3. The molecule has 0 aliphatic heterocycles. The van der Waals surface area contributed by atoms with E-state index in [-0.39, 0.29) is 5.95 Å². The quantitative estimate of drug-likeness (QED) is 0.365. The molecule has 3 heterocycles. The van der Waals surface area contributed by atoms with E-state index < -0.39 is 0 Å². The summed E-state index contributed by atoms with van der Waals surface area (Å²) >= 11 is 0. The number of nitrogen functional groups attached to an aromatic ring is 1. The molecule has 0 atom stereocenters. The predicted octanol–water partition coefficient (Wildman–Crippen LogP) is 2.60. The third-order valence-electron chi connectivity index (χ3n) is 4.71. The van der Waals surface area contributed by atoms with Crippen LogP contribution in [0.4, 0.5) is 5.95 Å². The molecule has 0 saturated carbocycles. The zero-order chi connectivity index (χ0) is 23.0. The Hall–Kier alpha value is -3.89. The number of rotatable bonds is 10. The van der Waals surface area contributed by atoms with Crippen LogP contribution in [0.15, 0.2) is 54.7 Å². The highest BCUT2D eigenvalue weighted by molar-refractivity contribution is 5.68. The monoisotopic (exact) mass is 447 g/mol. The number of nitrogens with two attached hydrogens (primary N) is 1. The molecule has 10 heteroatoms. The van der Waals surface area contributed by atoms with Gasteiger partial charge in [0.2, 0.25) is 5.95 Å². The Balaban J connectivity index is 1.55. The van der Waals surface area contributed by atoms with E-state index in [0.717, 1.165) is 22.7 Å². The minimum absolute atomic E-state index is 0.150. The highest BCUT2D eigenvalue weighted by Crippen LogP contribution is 2.26. The Bertz CT molecular complexity index is 1210. The van der Waals surface area contributed by atoms with Gasteiger partial charge in [0.25, 0.3) is 0 Å². The molecular formula is C23H25N7O3. The van der Waals surface area contributed by atoms with Crippen LogP contribution in [0.25, 0.3) is 22.6 Å². The van der Waals surface area contributed by atoms with Gasteiger partial charge in [-0.15, -0.1) is 5.10 Å². The van der Waals surface area contributed by atoms with Crippen molar-refractivity contribution in [3.63, 3.8) is 0 Å². The molecule has 4 rings (SSSR count). The van der Waals surface area contributed by atoms with Gasteiger partial charge in [0.1, 0.15) is 18.1 Å². The summed E-state index contributed by atoms with van der Waals surface area (Å²) < 4.78 is 17.6. The Morgan fingerprint density at radius 1 is 0.848 bits per heavy atom. The number of nitrogens with zero attached hydrogens (tertiary/aromatic N) is 6. The number of pyridine rings is 1. The van der Waals surface area contributed by atoms with E-state index >= 15 is 0 Å². The standard InChI is InChI=1S/C23H25N7O3/c1-31-9-10-33-19-8-3-5-16(11-19)20-12-21(27-23(24)26-20)22-14-30(29-28-22)13-17-6-4-7-18(25-17)15-32-2/h3-8,11-12,14H,9-10,13,15H2,1-2H3,(H2,24,26,27). The summed E-state index contributed by atoms with van der Waals surface area (Å²) in [7, 11) is 3.28. The molecule has 0 unspecified atom stereocenters. The molecule has 170 valence electrons. The fourth-order valence-corrected chi connectivity index (χ4v) is 3.24. The average Bonchev–Trinajstić information content (AvgIpc) is 3.28. The van der Waals surface area contributed by atoms with Crippen LogP contribution < -0.4 is 10.5 Å². The molecule has 0 radical (unpaired) electrons. The number of methoxy groups -OCH3 is 2. The third-order valence-corrected chi connectivity index (χ3v) is 4.71. The second-order valence-electron chi connectivity index (χ2n) is 7.22. The van der Waals surface area contributed by atoms with Gasteiger partial charge in [-0.2, -0.15) is 0 Å². The van der Waals surface area contributed by atoms with Crippen molar-refractivity contribution in [1.29, 1.82) is 0 Å². The van der Waals surface area contributed by atoms with Crippen LogP contribution in [0.3, 0.4) is 0 Å². The lowest BCUT2D eigenvalue weighted by Gasteiger charge is -2.08. The summed E-state index contributed by atoms with van der Waals surface area (Å²) in [5.74, 6) is 0.870. The fraction of sp³-hybridized carbons (Fsp3) is 0.261. The van der Waals surface area contributed by atoms with Gasteiger partial charge in [-0.1, -0.05) is 23.4 Å². The van der Waals surface area contributed by atoms with E-state index in [1.807, 2.05) is 48.5 Å². The van der Waals surface area contributed by atoms with Crippen LogP contribution in [0, 0.1) is 0 Å². The number of hydrogen-bond donors (Lipinski definition) is 1. The van der Waals surface area contributed by atoms with Gasteiger partial charge in [0, 0.05) is 19.8 Å². The fourth-order valence-electron chi connectivity index (χ4n) is 3.24. The summed E-state index contributed by atoms with van der Waals surface area (Å²) in [6, 6.07) is 15.2. The summed E-state index contributed by atoms with van der Waals surface area (Å²) in [5.41, 5.74) is 10.4. The van der Waals surface area contributed by atoms with Crippen molar-refractivity contribution in [1.82, 2.24) is 29.9 Å². The molecule has 0 spiro atoms. The molecule has 0 fully saturated rings. The van der Waals surface area contributed by atoms with Crippen LogP contribution in [0.2, 0.25) is 0 Å². The first-order valence-corrected chi connectivity index (χ1v) is 10.4. The van der Waals surface area contributed by atoms with Crippen LogP contribution >= 0.6 is 0 Å². The normalized spacial score (nSPS) is 11.0. The van der Waals surface area contributed by atoms with Crippen LogP contribution in [-0.4, -0.2) is 57.4 Å². The molecule has 10 nitrogen and oxygen atoms in total. The molecule has 4 aromatic rings. The van der Waals surface area contributed by atoms with Gasteiger partial charge in [-0.3, -0.25) is 4.98 Å². The maximum absolute atomic E-state index is 6.00. The van der Waals surface area contributed by atoms with Crippen molar-refractivity contribution in [2.75, 3.05) is 33.2 Å². The van der Waals surface area contributed by atoms with Gasteiger partial charge >= 0.3 is 0 Å². The molecule has 0 amide bonds. The number of anilines is 1. The zero-order valence-electron chi connectivity index (χ0n) is 18.5. The first kappa shape index (κ1) is 22.3. The van der Waals surface area contributed by atoms with Crippen molar-refractivity contribution in [3.05, 3.63) is 66.1 Å². The van der Waals surface area contributed by atoms with Crippen LogP contribution in [0.5, 0.6) is 5.75 Å². The van der Waals surface area contributed by atoms with Crippen molar-refractivity contribution in [3.8, 4) is 28.4 Å². The zero-order valence-corrected chi connectivity index (χ0v) is 18.5. The molecule has 0 saturated heterocycles. The smallest absolute Gasteiger partial charge is 0.221 e. The van der Waals surface area contributed by atoms with Gasteiger partial charge in [-0.05, 0) is 30.3 Å². The molecule has 3 aromatic heterocycles. The lowest BCUT2D eigenvalue weighted by atomic mass is 10.1. The molecular weight excluding hydrogens is 422 g/mol. The average molecular weight is 447 g/mol. The number of hydrogen-bond acceptors (Lipinski definition) is 9. The van der Waals surface area contributed by atoms with E-state index in [9.17, 15) is 0 Å². The van der Waals surface area contributed by atoms with Gasteiger partial charge in [0.05, 0.1) is 48.7 Å². The van der Waals surface area contributed by atoms with Crippen molar-refractivity contribution in [2.45, 2.75) is 13.2 Å². The van der Waals surface area contributed by atoms with E-state index in [1.165, 1.54) is 0 Å². The summed E-state index contributed by atoms with van der Waals surface area (Å²) in [5, 5.41) is 8.47. The molecule has 0 aliphatic carbocycles. The minimum Gasteiger partial charge on any atom is -0.491 e. The lowest BCUT2D eigenvalue weighted by molar-refractivity contribution is 0.146. The van der Waals surface area contributed by atoms with E-state index in [4.69, 9.17) is 19.9 Å². The van der Waals surface area contributed by atoms with Gasteiger partial charge < -0.3 is 19.9 Å². The topological polar surface area (TPSA) is 123 Å². The van der Waals surface area contributed by atoms with E-state index in [0.29, 0.717) is 43.4 Å². The third kappa shape index (κ3) is 5.88. The second-order valence-corrected chi connectivity index (χ2v) is 7.22. The largest absolute Gasteiger partial charge is 0.491 e. The molecule has 0 aliphatic rings. The Kier molecular flexibility index (Phi) is 7.18. The van der Waals surface area contributed by atoms with E-state index in [2.05, 4.69) is 25.3 Å². The highest BCUT2D eigenvalue weighted by Gasteiger charge is 2.12. The first-order chi connectivity index (χ1) is 16.1. The number of aromatic nitrogens is 6.